The van der Waals surface area contributed by atoms with E-state index in [2.05, 4.69) is 14.9 Å². The Balaban J connectivity index is 2.48. The van der Waals surface area contributed by atoms with Crippen LogP contribution in [-0.2, 0) is 19.6 Å². The van der Waals surface area contributed by atoms with Gasteiger partial charge in [0.15, 0.2) is 0 Å². The van der Waals surface area contributed by atoms with Gasteiger partial charge in [0.2, 0.25) is 5.03 Å². The minimum absolute atomic E-state index is 0.118. The van der Waals surface area contributed by atoms with Gasteiger partial charge in [0.1, 0.15) is 11.6 Å². The van der Waals surface area contributed by atoms with Gasteiger partial charge in [-0.1, -0.05) is 0 Å². The number of rotatable bonds is 4. The minimum Gasteiger partial charge on any atom is -0.478 e. The number of carbonyl (C=O) groups excluding carboxylic acids is 1. The van der Waals surface area contributed by atoms with Crippen molar-refractivity contribution in [2.24, 2.45) is 0 Å². The molecule has 0 aromatic carbocycles. The number of nitrogens with one attached hydrogen (secondary N) is 1. The normalized spacial score (nSPS) is 19.6. The summed E-state index contributed by atoms with van der Waals surface area (Å²) < 4.78 is 30.7. The van der Waals surface area contributed by atoms with Gasteiger partial charge >= 0.3 is 11.9 Å². The molecule has 0 radical (unpaired) electrons. The lowest BCUT2D eigenvalue weighted by Crippen LogP contribution is -2.41. The van der Waals surface area contributed by atoms with Crippen LogP contribution in [0.15, 0.2) is 5.03 Å². The molecule has 1 aromatic rings. The molecule has 1 aromatic heterocycles. The highest BCUT2D eigenvalue weighted by atomic mass is 32.2. The zero-order valence-corrected chi connectivity index (χ0v) is 12.3. The number of aromatic nitrogens is 2. The van der Waals surface area contributed by atoms with Crippen LogP contribution in [0.5, 0.6) is 0 Å². The molecule has 2 rings (SSSR count). The monoisotopic (exact) mass is 317 g/mol. The maximum Gasteiger partial charge on any atom is 0.340 e. The number of carboxylic acid groups (broad SMARTS) is 1. The Bertz CT molecular complexity index is 680. The number of esters is 1. The van der Waals surface area contributed by atoms with Gasteiger partial charge in [0.25, 0.3) is 10.0 Å². The van der Waals surface area contributed by atoms with Crippen LogP contribution < -0.4 is 0 Å². The van der Waals surface area contributed by atoms with E-state index in [1.54, 1.807) is 0 Å². The van der Waals surface area contributed by atoms with Crippen molar-refractivity contribution in [3.8, 4) is 0 Å². The fourth-order valence-corrected chi connectivity index (χ4v) is 4.13. The molecule has 1 aliphatic rings. The van der Waals surface area contributed by atoms with Gasteiger partial charge in [-0.15, -0.1) is 0 Å². The van der Waals surface area contributed by atoms with E-state index in [-0.39, 0.29) is 12.2 Å². The first-order chi connectivity index (χ1) is 9.80. The summed E-state index contributed by atoms with van der Waals surface area (Å²) in [5, 5.41) is 14.5. The Morgan fingerprint density at radius 2 is 2.14 bits per heavy atom. The number of sulfonamides is 1. The number of nitrogens with zero attached hydrogens (tertiary/aromatic N) is 2. The average molecular weight is 317 g/mol. The third kappa shape index (κ3) is 2.51. The van der Waals surface area contributed by atoms with E-state index in [0.29, 0.717) is 12.8 Å². The summed E-state index contributed by atoms with van der Waals surface area (Å²) in [5.41, 5.74) is -0.277. The molecule has 0 amide bonds. The molecule has 1 fully saturated rings. The largest absolute Gasteiger partial charge is 0.478 e. The molecule has 1 unspecified atom stereocenters. The molecule has 9 nitrogen and oxygen atoms in total. The van der Waals surface area contributed by atoms with E-state index < -0.39 is 38.6 Å². The van der Waals surface area contributed by atoms with Crippen LogP contribution >= 0.6 is 0 Å². The minimum atomic E-state index is -4.19. The second-order valence-corrected chi connectivity index (χ2v) is 6.44. The molecule has 21 heavy (non-hydrogen) atoms. The number of carboxylic acids is 1. The SMILES string of the molecule is COC(=O)C1CCCN1S(=O)(=O)c1n[nH]c(C)c1C(=O)O. The molecule has 10 heteroatoms. The average Bonchev–Trinajstić information content (AvgIpc) is 3.04. The smallest absolute Gasteiger partial charge is 0.340 e. The number of aromatic carboxylic acids is 1. The Hall–Kier alpha value is -1.94. The van der Waals surface area contributed by atoms with Crippen molar-refractivity contribution in [1.82, 2.24) is 14.5 Å². The standard InChI is InChI=1S/C11H15N3O6S/c1-6-8(10(15)16)9(13-12-6)21(18,19)14-5-3-4-7(14)11(17)20-2/h7H,3-5H2,1-2H3,(H,12,13)(H,15,16). The predicted octanol–water partition coefficient (Wildman–Crippen LogP) is -0.258. The second-order valence-electron chi connectivity index (χ2n) is 4.63. The number of hydrogen-bond acceptors (Lipinski definition) is 6. The van der Waals surface area contributed by atoms with Crippen LogP contribution in [0.3, 0.4) is 0 Å². The molecular weight excluding hydrogens is 302 g/mol. The lowest BCUT2D eigenvalue weighted by Gasteiger charge is -2.21. The van der Waals surface area contributed by atoms with Crippen molar-refractivity contribution in [2.75, 3.05) is 13.7 Å². The summed E-state index contributed by atoms with van der Waals surface area (Å²) >= 11 is 0. The second kappa shape index (κ2) is 5.45. The quantitative estimate of drug-likeness (QED) is 0.732. The van der Waals surface area contributed by atoms with Crippen LogP contribution in [0.4, 0.5) is 0 Å². The number of aromatic amines is 1. The third-order valence-electron chi connectivity index (χ3n) is 3.36. The van der Waals surface area contributed by atoms with Gasteiger partial charge in [-0.3, -0.25) is 9.89 Å². The Kier molecular flexibility index (Phi) is 4.01. The zero-order valence-electron chi connectivity index (χ0n) is 11.5. The summed E-state index contributed by atoms with van der Waals surface area (Å²) in [6.45, 7) is 1.53. The maximum atomic E-state index is 12.6. The Morgan fingerprint density at radius 1 is 1.48 bits per heavy atom. The molecule has 1 atom stereocenters. The van der Waals surface area contributed by atoms with Crippen molar-refractivity contribution in [3.05, 3.63) is 11.3 Å². The highest BCUT2D eigenvalue weighted by Crippen LogP contribution is 2.28. The molecule has 0 saturated carbocycles. The van der Waals surface area contributed by atoms with E-state index in [1.807, 2.05) is 0 Å². The van der Waals surface area contributed by atoms with E-state index in [0.717, 1.165) is 4.31 Å². The fraction of sp³-hybridized carbons (Fsp3) is 0.545. The van der Waals surface area contributed by atoms with Gasteiger partial charge in [-0.2, -0.15) is 9.40 Å². The van der Waals surface area contributed by atoms with Crippen molar-refractivity contribution < 1.29 is 27.9 Å². The Labute approximate surface area is 120 Å². The number of hydrogen-bond donors (Lipinski definition) is 2. The summed E-state index contributed by atoms with van der Waals surface area (Å²) in [7, 11) is -3.02. The highest BCUT2D eigenvalue weighted by molar-refractivity contribution is 7.89. The summed E-state index contributed by atoms with van der Waals surface area (Å²) in [6, 6.07) is -0.946. The number of methoxy groups -OCH3 is 1. The molecule has 116 valence electrons. The third-order valence-corrected chi connectivity index (χ3v) is 5.20. The number of carbonyl (C=O) groups is 2. The van der Waals surface area contributed by atoms with Gasteiger partial charge in [-0.25, -0.2) is 13.2 Å². The van der Waals surface area contributed by atoms with Gasteiger partial charge in [0, 0.05) is 12.2 Å². The van der Waals surface area contributed by atoms with Crippen LogP contribution in [-0.4, -0.2) is 59.7 Å². The Morgan fingerprint density at radius 3 is 2.71 bits per heavy atom. The highest BCUT2D eigenvalue weighted by Gasteiger charge is 2.43. The van der Waals surface area contributed by atoms with E-state index in [4.69, 9.17) is 5.11 Å². The van der Waals surface area contributed by atoms with Crippen LogP contribution in [0, 0.1) is 6.92 Å². The van der Waals surface area contributed by atoms with Crippen molar-refractivity contribution >= 4 is 22.0 Å². The topological polar surface area (TPSA) is 130 Å². The molecule has 2 N–H and O–H groups in total. The van der Waals surface area contributed by atoms with Gasteiger partial charge in [0.05, 0.1) is 7.11 Å². The summed E-state index contributed by atoms with van der Waals surface area (Å²) in [4.78, 5) is 22.9. The molecule has 0 aliphatic carbocycles. The molecular formula is C11H15N3O6S. The van der Waals surface area contributed by atoms with E-state index >= 15 is 0 Å². The first-order valence-electron chi connectivity index (χ1n) is 6.18. The first kappa shape index (κ1) is 15.4. The molecule has 1 saturated heterocycles. The van der Waals surface area contributed by atoms with Crippen LogP contribution in [0.25, 0.3) is 0 Å². The maximum absolute atomic E-state index is 12.6. The van der Waals surface area contributed by atoms with Crippen LogP contribution in [0.1, 0.15) is 28.9 Å². The number of aryl methyl sites for hydroxylation is 1. The van der Waals surface area contributed by atoms with Crippen molar-refractivity contribution in [3.63, 3.8) is 0 Å². The lowest BCUT2D eigenvalue weighted by molar-refractivity contribution is -0.144. The molecule has 1 aliphatic heterocycles. The van der Waals surface area contributed by atoms with Gasteiger partial charge < -0.3 is 9.84 Å². The molecule has 2 heterocycles. The lowest BCUT2D eigenvalue weighted by atomic mass is 10.2. The number of ether oxygens (including phenoxy) is 1. The fourth-order valence-electron chi connectivity index (χ4n) is 2.36. The van der Waals surface area contributed by atoms with Crippen LogP contribution in [0.2, 0.25) is 0 Å². The first-order valence-corrected chi connectivity index (χ1v) is 7.62. The summed E-state index contributed by atoms with van der Waals surface area (Å²) in [5.74, 6) is -2.06. The van der Waals surface area contributed by atoms with Crippen molar-refractivity contribution in [1.29, 1.82) is 0 Å². The van der Waals surface area contributed by atoms with Gasteiger partial charge in [-0.05, 0) is 19.8 Å². The summed E-state index contributed by atoms with van der Waals surface area (Å²) in [6.07, 6.45) is 0.822. The van der Waals surface area contributed by atoms with Crippen molar-refractivity contribution in [2.45, 2.75) is 30.8 Å². The van der Waals surface area contributed by atoms with E-state index in [9.17, 15) is 18.0 Å². The molecule has 0 spiro atoms. The predicted molar refractivity (Wildman–Crippen MR) is 69.2 cm³/mol. The van der Waals surface area contributed by atoms with E-state index in [1.165, 1.54) is 14.0 Å². The zero-order chi connectivity index (χ0) is 15.8. The number of H-pyrrole nitrogens is 1. The molecule has 0 bridgehead atoms.